The molecule has 114 valence electrons. The highest BCUT2D eigenvalue weighted by Crippen LogP contribution is 2.27. The van der Waals surface area contributed by atoms with Crippen LogP contribution in [0.1, 0.15) is 24.8 Å². The third-order valence-corrected chi connectivity index (χ3v) is 4.52. The maximum absolute atomic E-state index is 12.1. The topological polar surface area (TPSA) is 35.5 Å². The van der Waals surface area contributed by atoms with E-state index in [2.05, 4.69) is 19.6 Å². The summed E-state index contributed by atoms with van der Waals surface area (Å²) < 4.78 is 11.3. The fourth-order valence-corrected chi connectivity index (χ4v) is 3.76. The van der Waals surface area contributed by atoms with Gasteiger partial charge in [-0.3, -0.25) is 4.79 Å². The van der Waals surface area contributed by atoms with E-state index in [9.17, 15) is 4.79 Å². The van der Waals surface area contributed by atoms with Crippen molar-refractivity contribution in [2.45, 2.75) is 45.0 Å². The van der Waals surface area contributed by atoms with Gasteiger partial charge in [0.15, 0.2) is 14.1 Å². The fourth-order valence-electron chi connectivity index (χ4n) is 2.56. The molecule has 0 aromatic heterocycles. The molecule has 1 fully saturated rings. The molecule has 0 saturated heterocycles. The van der Waals surface area contributed by atoms with Crippen LogP contribution in [0.15, 0.2) is 29.8 Å². The fraction of sp³-hybridized carbons (Fsp3) is 0.471. The molecule has 4 heteroatoms. The number of Topliss-reactive ketones (excluding diaryl/α,β-unsaturated/α-hetero) is 1. The normalized spacial score (nSPS) is 21.6. The van der Waals surface area contributed by atoms with E-state index >= 15 is 0 Å². The first kappa shape index (κ1) is 16.0. The molecule has 0 radical (unpaired) electrons. The Morgan fingerprint density at radius 3 is 2.43 bits per heavy atom. The van der Waals surface area contributed by atoms with Crippen LogP contribution < -0.4 is 4.74 Å². The molecule has 2 rings (SSSR count). The molecule has 1 unspecified atom stereocenters. The number of ether oxygens (including phenoxy) is 1. The number of hydrogen-bond donors (Lipinski definition) is 0. The lowest BCUT2D eigenvalue weighted by Crippen LogP contribution is -2.35. The predicted octanol–water partition coefficient (Wildman–Crippen LogP) is 4.05. The van der Waals surface area contributed by atoms with Gasteiger partial charge in [-0.1, -0.05) is 12.1 Å². The molecule has 1 aromatic rings. The Hall–Kier alpha value is -1.39. The van der Waals surface area contributed by atoms with Gasteiger partial charge >= 0.3 is 0 Å². The van der Waals surface area contributed by atoms with Crippen molar-refractivity contribution < 1.29 is 14.0 Å². The van der Waals surface area contributed by atoms with Crippen molar-refractivity contribution in [1.82, 2.24) is 0 Å². The number of carbonyl (C=O) groups is 1. The maximum atomic E-state index is 12.1. The Kier molecular flexibility index (Phi) is 5.01. The number of methoxy groups -OCH3 is 1. The molecule has 21 heavy (non-hydrogen) atoms. The van der Waals surface area contributed by atoms with Crippen molar-refractivity contribution >= 4 is 20.2 Å². The minimum absolute atomic E-state index is 0.193. The second-order valence-electron chi connectivity index (χ2n) is 6.46. The van der Waals surface area contributed by atoms with E-state index in [1.54, 1.807) is 7.11 Å². The summed E-state index contributed by atoms with van der Waals surface area (Å²) in [5.41, 5.74) is 1.92. The summed E-state index contributed by atoms with van der Waals surface area (Å²) in [6.07, 6.45) is 4.36. The van der Waals surface area contributed by atoms with Crippen molar-refractivity contribution in [2.24, 2.45) is 0 Å². The number of carbonyl (C=O) groups excluding carboxylic acids is 1. The maximum Gasteiger partial charge on any atom is 0.184 e. The molecule has 0 aliphatic heterocycles. The monoisotopic (exact) mass is 304 g/mol. The minimum Gasteiger partial charge on any atom is -0.497 e. The third kappa shape index (κ3) is 4.83. The number of ketones is 1. The zero-order valence-corrected chi connectivity index (χ0v) is 14.3. The van der Waals surface area contributed by atoms with Crippen LogP contribution in [0.5, 0.6) is 5.75 Å². The van der Waals surface area contributed by atoms with Crippen molar-refractivity contribution in [3.8, 4) is 5.75 Å². The standard InChI is InChI=1S/C17H24O3Si/c1-19-15-7-5-13(6-8-15)11-14-12-16(9-10-17(14)18)20-21(2,3)4/h5-8,11,16H,9-10,12H2,1-4H3. The first-order chi connectivity index (χ1) is 9.87. The highest BCUT2D eigenvalue weighted by Gasteiger charge is 2.28. The zero-order chi connectivity index (χ0) is 15.5. The van der Waals surface area contributed by atoms with Crippen LogP contribution in [0.25, 0.3) is 6.08 Å². The molecule has 0 bridgehead atoms. The second-order valence-corrected chi connectivity index (χ2v) is 10.9. The molecular formula is C17H24O3Si. The molecule has 0 spiro atoms. The van der Waals surface area contributed by atoms with Gasteiger partial charge in [0.1, 0.15) is 5.75 Å². The van der Waals surface area contributed by atoms with Crippen LogP contribution in [0.3, 0.4) is 0 Å². The Labute approximate surface area is 128 Å². The van der Waals surface area contributed by atoms with Crippen LogP contribution in [0, 0.1) is 0 Å². The van der Waals surface area contributed by atoms with Crippen molar-refractivity contribution in [2.75, 3.05) is 7.11 Å². The molecule has 1 aliphatic carbocycles. The smallest absolute Gasteiger partial charge is 0.184 e. The summed E-state index contributed by atoms with van der Waals surface area (Å²) >= 11 is 0. The number of hydrogen-bond acceptors (Lipinski definition) is 3. The van der Waals surface area contributed by atoms with E-state index in [0.717, 1.165) is 29.7 Å². The highest BCUT2D eigenvalue weighted by atomic mass is 28.4. The van der Waals surface area contributed by atoms with Crippen LogP contribution in [-0.4, -0.2) is 27.3 Å². The largest absolute Gasteiger partial charge is 0.497 e. The van der Waals surface area contributed by atoms with Gasteiger partial charge in [0.05, 0.1) is 7.11 Å². The van der Waals surface area contributed by atoms with Gasteiger partial charge in [-0.05, 0) is 55.4 Å². The molecule has 1 aliphatic rings. The van der Waals surface area contributed by atoms with Crippen LogP contribution in [-0.2, 0) is 9.22 Å². The van der Waals surface area contributed by atoms with Gasteiger partial charge in [0.2, 0.25) is 0 Å². The summed E-state index contributed by atoms with van der Waals surface area (Å²) in [4.78, 5) is 12.1. The highest BCUT2D eigenvalue weighted by molar-refractivity contribution is 6.69. The lowest BCUT2D eigenvalue weighted by Gasteiger charge is -2.30. The summed E-state index contributed by atoms with van der Waals surface area (Å²) in [6, 6.07) is 7.77. The summed E-state index contributed by atoms with van der Waals surface area (Å²) in [5, 5.41) is 0. The van der Waals surface area contributed by atoms with Gasteiger partial charge in [-0.2, -0.15) is 0 Å². The molecule has 1 aromatic carbocycles. The molecule has 0 amide bonds. The first-order valence-corrected chi connectivity index (χ1v) is 10.8. The lowest BCUT2D eigenvalue weighted by molar-refractivity contribution is -0.117. The Bertz CT molecular complexity index is 526. The van der Waals surface area contributed by atoms with Crippen molar-refractivity contribution in [1.29, 1.82) is 0 Å². The lowest BCUT2D eigenvalue weighted by atomic mass is 9.90. The van der Waals surface area contributed by atoms with Crippen LogP contribution in [0.4, 0.5) is 0 Å². The Balaban J connectivity index is 2.11. The molecule has 0 heterocycles. The average Bonchev–Trinajstić information content (AvgIpc) is 2.42. The number of benzene rings is 1. The summed E-state index contributed by atoms with van der Waals surface area (Å²) in [6.45, 7) is 6.57. The molecule has 3 nitrogen and oxygen atoms in total. The predicted molar refractivity (Wildman–Crippen MR) is 88.0 cm³/mol. The van der Waals surface area contributed by atoms with E-state index in [-0.39, 0.29) is 11.9 Å². The first-order valence-electron chi connectivity index (χ1n) is 7.43. The molecule has 1 atom stereocenters. The van der Waals surface area contributed by atoms with Gasteiger partial charge in [0.25, 0.3) is 0 Å². The van der Waals surface area contributed by atoms with Gasteiger partial charge in [0, 0.05) is 18.9 Å². The van der Waals surface area contributed by atoms with E-state index < -0.39 is 8.32 Å². The minimum atomic E-state index is -1.56. The second kappa shape index (κ2) is 6.58. The van der Waals surface area contributed by atoms with E-state index in [1.807, 2.05) is 30.3 Å². The Morgan fingerprint density at radius 2 is 1.86 bits per heavy atom. The quantitative estimate of drug-likeness (QED) is 0.622. The number of rotatable bonds is 4. The van der Waals surface area contributed by atoms with E-state index in [1.165, 1.54) is 0 Å². The Morgan fingerprint density at radius 1 is 1.19 bits per heavy atom. The molecule has 1 saturated carbocycles. The van der Waals surface area contributed by atoms with Gasteiger partial charge < -0.3 is 9.16 Å². The van der Waals surface area contributed by atoms with E-state index in [0.29, 0.717) is 6.42 Å². The SMILES string of the molecule is COc1ccc(C=C2CC(O[Si](C)(C)C)CCC2=O)cc1. The van der Waals surface area contributed by atoms with Gasteiger partial charge in [-0.15, -0.1) is 0 Å². The molecule has 0 N–H and O–H groups in total. The van der Waals surface area contributed by atoms with Crippen LogP contribution >= 0.6 is 0 Å². The summed E-state index contributed by atoms with van der Waals surface area (Å²) in [7, 11) is 0.0935. The third-order valence-electron chi connectivity index (χ3n) is 3.48. The van der Waals surface area contributed by atoms with E-state index in [4.69, 9.17) is 9.16 Å². The van der Waals surface area contributed by atoms with Crippen molar-refractivity contribution in [3.05, 3.63) is 35.4 Å². The zero-order valence-electron chi connectivity index (χ0n) is 13.3. The molecular weight excluding hydrogens is 280 g/mol. The van der Waals surface area contributed by atoms with Crippen LogP contribution in [0.2, 0.25) is 19.6 Å². The summed E-state index contributed by atoms with van der Waals surface area (Å²) in [5.74, 6) is 1.08. The average molecular weight is 304 g/mol. The van der Waals surface area contributed by atoms with Crippen molar-refractivity contribution in [3.63, 3.8) is 0 Å². The van der Waals surface area contributed by atoms with Gasteiger partial charge in [-0.25, -0.2) is 0 Å².